The topological polar surface area (TPSA) is 21.3 Å². The Labute approximate surface area is 113 Å². The van der Waals surface area contributed by atoms with E-state index < -0.39 is 0 Å². The maximum atomic E-state index is 6.29. The van der Waals surface area contributed by atoms with E-state index in [1.165, 1.54) is 12.8 Å². The molecule has 1 spiro atoms. The van der Waals surface area contributed by atoms with Gasteiger partial charge in [0.25, 0.3) is 0 Å². The Morgan fingerprint density at radius 1 is 1.44 bits per heavy atom. The molecule has 1 aromatic heterocycles. The smallest absolute Gasteiger partial charge is 0.105 e. The molecule has 0 amide bonds. The number of ether oxygens (including phenoxy) is 1. The van der Waals surface area contributed by atoms with Crippen molar-refractivity contribution >= 4 is 11.3 Å². The summed E-state index contributed by atoms with van der Waals surface area (Å²) in [6.45, 7) is 4.30. The molecule has 1 saturated heterocycles. The minimum absolute atomic E-state index is 0.0516. The van der Waals surface area contributed by atoms with Crippen LogP contribution in [0.3, 0.4) is 0 Å². The van der Waals surface area contributed by atoms with Crippen LogP contribution in [0.15, 0.2) is 6.07 Å². The maximum absolute atomic E-state index is 6.29. The zero-order valence-corrected chi connectivity index (χ0v) is 11.8. The molecule has 3 heterocycles. The predicted molar refractivity (Wildman–Crippen MR) is 74.3 cm³/mol. The van der Waals surface area contributed by atoms with Crippen molar-refractivity contribution in [1.82, 2.24) is 5.32 Å². The highest BCUT2D eigenvalue weighted by molar-refractivity contribution is 7.12. The Kier molecular flexibility index (Phi) is 2.58. The van der Waals surface area contributed by atoms with Crippen LogP contribution in [-0.4, -0.2) is 19.2 Å². The standard InChI is InChI=1S/C15H21NOS/c1-10-9-15(5-6-16-10)14-12(4-7-17-15)8-13(18-14)11-2-3-11/h8,10-11,16H,2-7,9H2,1H3/t10-,15+/m0/s1. The van der Waals surface area contributed by atoms with E-state index in [1.54, 1.807) is 15.3 Å². The lowest BCUT2D eigenvalue weighted by Crippen LogP contribution is -2.48. The van der Waals surface area contributed by atoms with Gasteiger partial charge in [0, 0.05) is 15.8 Å². The summed E-state index contributed by atoms with van der Waals surface area (Å²) in [5.74, 6) is 0.886. The number of thiophene rings is 1. The first-order valence-corrected chi connectivity index (χ1v) is 8.09. The second kappa shape index (κ2) is 4.06. The summed E-state index contributed by atoms with van der Waals surface area (Å²) in [6.07, 6.45) is 6.23. The van der Waals surface area contributed by atoms with Gasteiger partial charge in [0.1, 0.15) is 5.60 Å². The monoisotopic (exact) mass is 263 g/mol. The summed E-state index contributed by atoms with van der Waals surface area (Å²) in [7, 11) is 0. The van der Waals surface area contributed by atoms with E-state index in [4.69, 9.17) is 4.74 Å². The minimum atomic E-state index is 0.0516. The fraction of sp³-hybridized carbons (Fsp3) is 0.733. The molecule has 2 atom stereocenters. The van der Waals surface area contributed by atoms with Gasteiger partial charge < -0.3 is 10.1 Å². The molecular formula is C15H21NOS. The van der Waals surface area contributed by atoms with E-state index in [0.29, 0.717) is 6.04 Å². The fourth-order valence-corrected chi connectivity index (χ4v) is 5.10. The highest BCUT2D eigenvalue weighted by Gasteiger charge is 2.43. The van der Waals surface area contributed by atoms with Crippen LogP contribution in [0, 0.1) is 0 Å². The van der Waals surface area contributed by atoms with E-state index in [0.717, 1.165) is 38.3 Å². The number of fused-ring (bicyclic) bond motifs is 2. The quantitative estimate of drug-likeness (QED) is 0.840. The summed E-state index contributed by atoms with van der Waals surface area (Å²) in [5.41, 5.74) is 1.65. The zero-order chi connectivity index (χ0) is 12.2. The summed E-state index contributed by atoms with van der Waals surface area (Å²) in [5, 5.41) is 3.55. The molecule has 1 N–H and O–H groups in total. The van der Waals surface area contributed by atoms with Gasteiger partial charge in [0.15, 0.2) is 0 Å². The average molecular weight is 263 g/mol. The van der Waals surface area contributed by atoms with Crippen molar-refractivity contribution in [3.8, 4) is 0 Å². The van der Waals surface area contributed by atoms with Crippen molar-refractivity contribution in [2.45, 2.75) is 56.6 Å². The molecule has 1 aliphatic carbocycles. The van der Waals surface area contributed by atoms with Crippen LogP contribution in [0.5, 0.6) is 0 Å². The lowest BCUT2D eigenvalue weighted by Gasteiger charge is -2.42. The van der Waals surface area contributed by atoms with E-state index in [-0.39, 0.29) is 5.60 Å². The molecule has 3 aliphatic rings. The normalized spacial score (nSPS) is 35.7. The SMILES string of the molecule is C[C@H]1C[C@@]2(CCN1)OCCc1cc(C3CC3)sc12. The average Bonchev–Trinajstić information content (AvgIpc) is 3.10. The van der Waals surface area contributed by atoms with Gasteiger partial charge in [0.2, 0.25) is 0 Å². The van der Waals surface area contributed by atoms with Gasteiger partial charge in [-0.15, -0.1) is 11.3 Å². The summed E-state index contributed by atoms with van der Waals surface area (Å²) < 4.78 is 6.29. The van der Waals surface area contributed by atoms with E-state index in [9.17, 15) is 0 Å². The summed E-state index contributed by atoms with van der Waals surface area (Å²) >= 11 is 2.06. The van der Waals surface area contributed by atoms with Gasteiger partial charge in [-0.1, -0.05) is 0 Å². The number of rotatable bonds is 1. The molecule has 0 bridgehead atoms. The van der Waals surface area contributed by atoms with Crippen LogP contribution >= 0.6 is 11.3 Å². The van der Waals surface area contributed by atoms with Gasteiger partial charge in [-0.3, -0.25) is 0 Å². The zero-order valence-electron chi connectivity index (χ0n) is 11.0. The van der Waals surface area contributed by atoms with Crippen molar-refractivity contribution in [2.75, 3.05) is 13.2 Å². The molecule has 18 heavy (non-hydrogen) atoms. The number of piperidine rings is 1. The van der Waals surface area contributed by atoms with Gasteiger partial charge in [-0.25, -0.2) is 0 Å². The molecule has 1 saturated carbocycles. The van der Waals surface area contributed by atoms with Gasteiger partial charge in [-0.2, -0.15) is 0 Å². The molecule has 4 rings (SSSR count). The van der Waals surface area contributed by atoms with Crippen LogP contribution in [0.25, 0.3) is 0 Å². The number of hydrogen-bond donors (Lipinski definition) is 1. The molecule has 0 aromatic carbocycles. The van der Waals surface area contributed by atoms with E-state index in [2.05, 4.69) is 29.6 Å². The third-order valence-electron chi connectivity index (χ3n) is 4.63. The summed E-state index contributed by atoms with van der Waals surface area (Å²) in [4.78, 5) is 3.21. The van der Waals surface area contributed by atoms with Crippen LogP contribution in [0.4, 0.5) is 0 Å². The molecule has 98 valence electrons. The second-order valence-electron chi connectivity index (χ2n) is 6.18. The molecular weight excluding hydrogens is 242 g/mol. The largest absolute Gasteiger partial charge is 0.369 e. The predicted octanol–water partition coefficient (Wildman–Crippen LogP) is 3.17. The third-order valence-corrected chi connectivity index (χ3v) is 6.15. The van der Waals surface area contributed by atoms with Crippen molar-refractivity contribution < 1.29 is 4.74 Å². The molecule has 0 radical (unpaired) electrons. The first-order valence-electron chi connectivity index (χ1n) is 7.27. The first-order chi connectivity index (χ1) is 8.77. The summed E-state index contributed by atoms with van der Waals surface area (Å²) in [6, 6.07) is 3.07. The lowest BCUT2D eigenvalue weighted by atomic mass is 9.83. The molecule has 2 nitrogen and oxygen atoms in total. The molecule has 2 aliphatic heterocycles. The van der Waals surface area contributed by atoms with Crippen LogP contribution < -0.4 is 5.32 Å². The third kappa shape index (κ3) is 1.75. The Hall–Kier alpha value is -0.380. The van der Waals surface area contributed by atoms with Crippen LogP contribution in [0.2, 0.25) is 0 Å². The van der Waals surface area contributed by atoms with Crippen molar-refractivity contribution in [3.63, 3.8) is 0 Å². The molecule has 1 aromatic rings. The van der Waals surface area contributed by atoms with Crippen molar-refractivity contribution in [2.24, 2.45) is 0 Å². The van der Waals surface area contributed by atoms with Gasteiger partial charge in [0.05, 0.1) is 6.61 Å². The van der Waals surface area contributed by atoms with Crippen molar-refractivity contribution in [1.29, 1.82) is 0 Å². The van der Waals surface area contributed by atoms with Crippen LogP contribution in [0.1, 0.15) is 53.8 Å². The Bertz CT molecular complexity index is 465. The Morgan fingerprint density at radius 2 is 2.33 bits per heavy atom. The van der Waals surface area contributed by atoms with Gasteiger partial charge in [-0.05, 0) is 63.1 Å². The minimum Gasteiger partial charge on any atom is -0.369 e. The molecule has 3 heteroatoms. The number of nitrogens with one attached hydrogen (secondary N) is 1. The Morgan fingerprint density at radius 3 is 3.11 bits per heavy atom. The van der Waals surface area contributed by atoms with Gasteiger partial charge >= 0.3 is 0 Å². The van der Waals surface area contributed by atoms with E-state index in [1.807, 2.05) is 0 Å². The number of hydrogen-bond acceptors (Lipinski definition) is 3. The first kappa shape index (κ1) is 11.4. The van der Waals surface area contributed by atoms with Crippen molar-refractivity contribution in [3.05, 3.63) is 21.4 Å². The Balaban J connectivity index is 1.74. The highest BCUT2D eigenvalue weighted by Crippen LogP contribution is 2.50. The van der Waals surface area contributed by atoms with E-state index >= 15 is 0 Å². The second-order valence-corrected chi connectivity index (χ2v) is 7.26. The fourth-order valence-electron chi connectivity index (χ4n) is 3.54. The molecule has 2 fully saturated rings. The molecule has 0 unspecified atom stereocenters. The lowest BCUT2D eigenvalue weighted by molar-refractivity contribution is -0.0848. The van der Waals surface area contributed by atoms with Crippen LogP contribution in [-0.2, 0) is 16.8 Å². The highest BCUT2D eigenvalue weighted by atomic mass is 32.1. The maximum Gasteiger partial charge on any atom is 0.105 e.